The largest absolute Gasteiger partial charge is 0.325 e. The van der Waals surface area contributed by atoms with Crippen LogP contribution in [0.3, 0.4) is 0 Å². The molecular weight excluding hydrogens is 451 g/mol. The third-order valence-corrected chi connectivity index (χ3v) is 5.72. The normalized spacial score (nSPS) is 17.2. The van der Waals surface area contributed by atoms with Crippen LogP contribution >= 0.6 is 0 Å². The summed E-state index contributed by atoms with van der Waals surface area (Å²) in [5.41, 5.74) is 0.989. The maximum Gasteiger partial charge on any atom is 0.325 e. The number of nitrogens with one attached hydrogen (secondary N) is 3. The number of halogens is 1. The number of hydrogen-bond donors (Lipinski definition) is 3. The van der Waals surface area contributed by atoms with Gasteiger partial charge < -0.3 is 16.0 Å². The number of carbonyl (C=O) groups is 4. The van der Waals surface area contributed by atoms with E-state index in [0.717, 1.165) is 10.5 Å². The zero-order chi connectivity index (χ0) is 25.2. The highest BCUT2D eigenvalue weighted by Crippen LogP contribution is 2.29. The number of rotatable bonds is 6. The van der Waals surface area contributed by atoms with Crippen molar-refractivity contribution < 1.29 is 23.6 Å². The molecule has 0 spiro atoms. The highest BCUT2D eigenvalue weighted by atomic mass is 19.1. The van der Waals surface area contributed by atoms with E-state index in [1.165, 1.54) is 31.2 Å². The minimum Gasteiger partial charge on any atom is -0.324 e. The molecule has 3 aromatic rings. The predicted molar refractivity (Wildman–Crippen MR) is 128 cm³/mol. The van der Waals surface area contributed by atoms with Gasteiger partial charge in [-0.3, -0.25) is 19.3 Å². The van der Waals surface area contributed by atoms with E-state index >= 15 is 0 Å². The van der Waals surface area contributed by atoms with Gasteiger partial charge in [0.15, 0.2) is 0 Å². The van der Waals surface area contributed by atoms with E-state index < -0.39 is 41.7 Å². The Kier molecular flexibility index (Phi) is 6.33. The fourth-order valence-corrected chi connectivity index (χ4v) is 3.86. The topological polar surface area (TPSA) is 108 Å². The first-order chi connectivity index (χ1) is 16.7. The molecule has 5 amide bonds. The first-order valence-electron chi connectivity index (χ1n) is 10.8. The second-order valence-corrected chi connectivity index (χ2v) is 8.37. The van der Waals surface area contributed by atoms with Gasteiger partial charge in [-0.2, -0.15) is 0 Å². The number of imide groups is 1. The van der Waals surface area contributed by atoms with E-state index in [2.05, 4.69) is 16.0 Å². The second kappa shape index (κ2) is 9.38. The predicted octanol–water partition coefficient (Wildman–Crippen LogP) is 3.79. The van der Waals surface area contributed by atoms with Gasteiger partial charge in [0.05, 0.1) is 11.3 Å². The summed E-state index contributed by atoms with van der Waals surface area (Å²) in [4.78, 5) is 51.9. The summed E-state index contributed by atoms with van der Waals surface area (Å²) in [5, 5.41) is 7.96. The van der Waals surface area contributed by atoms with E-state index in [-0.39, 0.29) is 11.3 Å². The van der Waals surface area contributed by atoms with Crippen LogP contribution in [0.1, 0.15) is 28.4 Å². The third kappa shape index (κ3) is 4.89. The molecule has 0 saturated carbocycles. The van der Waals surface area contributed by atoms with Crippen molar-refractivity contribution >= 4 is 35.1 Å². The third-order valence-electron chi connectivity index (χ3n) is 5.72. The fraction of sp³-hybridized carbons (Fsp3) is 0.154. The molecule has 3 aromatic carbocycles. The average Bonchev–Trinajstić information content (AvgIpc) is 3.03. The molecule has 8 nitrogen and oxygen atoms in total. The molecular formula is C26H23FN4O4. The molecule has 4 rings (SSSR count). The van der Waals surface area contributed by atoms with Gasteiger partial charge >= 0.3 is 6.03 Å². The Hall–Kier alpha value is -4.53. The molecule has 1 aliphatic heterocycles. The second-order valence-electron chi connectivity index (χ2n) is 8.37. The Balaban J connectivity index is 1.47. The molecule has 1 saturated heterocycles. The number of carbonyl (C=O) groups excluding carboxylic acids is 4. The van der Waals surface area contributed by atoms with Gasteiger partial charge in [0, 0.05) is 5.69 Å². The Bertz CT molecular complexity index is 1320. The summed E-state index contributed by atoms with van der Waals surface area (Å²) in [5.74, 6) is -2.21. The number of nitrogens with zero attached hydrogens (tertiary/aromatic N) is 1. The monoisotopic (exact) mass is 474 g/mol. The van der Waals surface area contributed by atoms with Crippen molar-refractivity contribution in [1.29, 1.82) is 0 Å². The van der Waals surface area contributed by atoms with Gasteiger partial charge in [-0.15, -0.1) is 0 Å². The summed E-state index contributed by atoms with van der Waals surface area (Å²) >= 11 is 0. The molecule has 178 valence electrons. The van der Waals surface area contributed by atoms with Gasteiger partial charge in [0.1, 0.15) is 17.9 Å². The highest BCUT2D eigenvalue weighted by molar-refractivity contribution is 6.12. The first kappa shape index (κ1) is 23.6. The van der Waals surface area contributed by atoms with Crippen LogP contribution in [0.15, 0.2) is 72.8 Å². The van der Waals surface area contributed by atoms with Gasteiger partial charge in [-0.1, -0.05) is 36.4 Å². The van der Waals surface area contributed by atoms with Gasteiger partial charge in [-0.25, -0.2) is 9.18 Å². The molecule has 1 unspecified atom stereocenters. The average molecular weight is 474 g/mol. The Morgan fingerprint density at radius 3 is 2.40 bits per heavy atom. The summed E-state index contributed by atoms with van der Waals surface area (Å²) in [7, 11) is 0. The van der Waals surface area contributed by atoms with E-state index in [1.54, 1.807) is 30.3 Å². The lowest BCUT2D eigenvalue weighted by atomic mass is 9.92. The number of hydrogen-bond acceptors (Lipinski definition) is 4. The van der Waals surface area contributed by atoms with E-state index in [1.807, 2.05) is 25.1 Å². The van der Waals surface area contributed by atoms with Crippen molar-refractivity contribution in [3.63, 3.8) is 0 Å². The number of amides is 5. The first-order valence-corrected chi connectivity index (χ1v) is 10.8. The molecule has 1 fully saturated rings. The van der Waals surface area contributed by atoms with Crippen molar-refractivity contribution in [2.45, 2.75) is 19.4 Å². The number of aryl methyl sites for hydroxylation is 1. The smallest absolute Gasteiger partial charge is 0.324 e. The Morgan fingerprint density at radius 1 is 0.971 bits per heavy atom. The maximum atomic E-state index is 13.3. The summed E-state index contributed by atoms with van der Waals surface area (Å²) in [6, 6.07) is 18.1. The summed E-state index contributed by atoms with van der Waals surface area (Å²) < 4.78 is 13.3. The van der Waals surface area contributed by atoms with Crippen LogP contribution in [0.4, 0.5) is 20.6 Å². The van der Waals surface area contributed by atoms with E-state index in [0.29, 0.717) is 11.3 Å². The fourth-order valence-electron chi connectivity index (χ4n) is 3.86. The molecule has 1 atom stereocenters. The van der Waals surface area contributed by atoms with Crippen LogP contribution in [-0.2, 0) is 15.1 Å². The minimum atomic E-state index is -1.43. The molecule has 0 radical (unpaired) electrons. The van der Waals surface area contributed by atoms with Crippen molar-refractivity contribution in [1.82, 2.24) is 10.2 Å². The molecule has 0 aliphatic carbocycles. The molecule has 0 aromatic heterocycles. The Labute approximate surface area is 201 Å². The van der Waals surface area contributed by atoms with Crippen molar-refractivity contribution in [2.75, 3.05) is 17.2 Å². The SMILES string of the molecule is Cc1cccc(NC(=O)c2ccccc2NC(=O)CN2C(=O)NC(C)(c3ccc(F)cc3)C2=O)c1. The summed E-state index contributed by atoms with van der Waals surface area (Å²) in [6.07, 6.45) is 0. The van der Waals surface area contributed by atoms with E-state index in [9.17, 15) is 23.6 Å². The number of benzene rings is 3. The van der Waals surface area contributed by atoms with Crippen LogP contribution in [0.25, 0.3) is 0 Å². The van der Waals surface area contributed by atoms with Gasteiger partial charge in [0.2, 0.25) is 5.91 Å². The zero-order valence-electron chi connectivity index (χ0n) is 19.1. The van der Waals surface area contributed by atoms with Crippen molar-refractivity contribution in [2.24, 2.45) is 0 Å². The number of para-hydroxylation sites is 1. The van der Waals surface area contributed by atoms with Crippen LogP contribution in [-0.4, -0.2) is 35.2 Å². The molecule has 3 N–H and O–H groups in total. The zero-order valence-corrected chi connectivity index (χ0v) is 19.1. The van der Waals surface area contributed by atoms with Crippen LogP contribution in [0.2, 0.25) is 0 Å². The minimum absolute atomic E-state index is 0.218. The maximum absolute atomic E-state index is 13.3. The lowest BCUT2D eigenvalue weighted by Gasteiger charge is -2.22. The molecule has 0 bridgehead atoms. The standard InChI is InChI=1S/C26H23FN4O4/c1-16-6-5-7-19(14-16)28-23(33)20-8-3-4-9-21(20)29-22(32)15-31-24(34)26(2,30-25(31)35)17-10-12-18(27)13-11-17/h3-14H,15H2,1-2H3,(H,28,33)(H,29,32)(H,30,35). The molecule has 35 heavy (non-hydrogen) atoms. The highest BCUT2D eigenvalue weighted by Gasteiger charge is 2.49. The van der Waals surface area contributed by atoms with Crippen LogP contribution < -0.4 is 16.0 Å². The van der Waals surface area contributed by atoms with Gasteiger partial charge in [-0.05, 0) is 61.4 Å². The number of urea groups is 1. The lowest BCUT2D eigenvalue weighted by molar-refractivity contribution is -0.133. The number of anilines is 2. The Morgan fingerprint density at radius 2 is 1.69 bits per heavy atom. The molecule has 1 heterocycles. The van der Waals surface area contributed by atoms with Crippen molar-refractivity contribution in [3.8, 4) is 0 Å². The summed E-state index contributed by atoms with van der Waals surface area (Å²) in [6.45, 7) is 2.83. The lowest BCUT2D eigenvalue weighted by Crippen LogP contribution is -2.42. The van der Waals surface area contributed by atoms with Gasteiger partial charge in [0.25, 0.3) is 11.8 Å². The quantitative estimate of drug-likeness (QED) is 0.473. The molecule has 9 heteroatoms. The van der Waals surface area contributed by atoms with Crippen LogP contribution in [0, 0.1) is 12.7 Å². The molecule has 1 aliphatic rings. The van der Waals surface area contributed by atoms with Crippen LogP contribution in [0.5, 0.6) is 0 Å². The van der Waals surface area contributed by atoms with E-state index in [4.69, 9.17) is 0 Å². The van der Waals surface area contributed by atoms with Crippen molar-refractivity contribution in [3.05, 3.63) is 95.3 Å².